The third-order valence-corrected chi connectivity index (χ3v) is 4.89. The van der Waals surface area contributed by atoms with E-state index in [4.69, 9.17) is 10.5 Å². The number of nitrogens with two attached hydrogens (primary N) is 1. The molecule has 2 aromatic carbocycles. The predicted octanol–water partition coefficient (Wildman–Crippen LogP) is 3.37. The molecule has 1 amide bonds. The molecule has 29 heavy (non-hydrogen) atoms. The number of benzene rings is 2. The number of hydrogen-bond donors (Lipinski definition) is 2. The van der Waals surface area contributed by atoms with E-state index in [1.54, 1.807) is 6.07 Å². The zero-order valence-electron chi connectivity index (χ0n) is 16.2. The Hall–Kier alpha value is -1.86. The van der Waals surface area contributed by atoms with Gasteiger partial charge in [0.25, 0.3) is 0 Å². The Balaban J connectivity index is 0.00000210. The minimum Gasteiger partial charge on any atom is -0.399 e. The van der Waals surface area contributed by atoms with Crippen LogP contribution in [0.5, 0.6) is 0 Å². The van der Waals surface area contributed by atoms with Gasteiger partial charge in [0.1, 0.15) is 5.82 Å². The van der Waals surface area contributed by atoms with E-state index in [1.807, 2.05) is 30.3 Å². The van der Waals surface area contributed by atoms with Crippen LogP contribution in [0, 0.1) is 5.82 Å². The highest BCUT2D eigenvalue weighted by Crippen LogP contribution is 2.22. The smallest absolute Gasteiger partial charge is 0.220 e. The van der Waals surface area contributed by atoms with Crippen molar-refractivity contribution >= 4 is 36.4 Å². The van der Waals surface area contributed by atoms with E-state index in [0.717, 1.165) is 24.2 Å². The quantitative estimate of drug-likeness (QED) is 0.643. The molecule has 0 bridgehead atoms. The van der Waals surface area contributed by atoms with Crippen LogP contribution in [0.4, 0.5) is 10.1 Å². The first-order valence-corrected chi connectivity index (χ1v) is 9.31. The van der Waals surface area contributed by atoms with Gasteiger partial charge in [-0.3, -0.25) is 9.69 Å². The maximum atomic E-state index is 13.7. The largest absolute Gasteiger partial charge is 0.399 e. The fourth-order valence-electron chi connectivity index (χ4n) is 3.37. The molecule has 3 rings (SSSR count). The maximum absolute atomic E-state index is 13.7. The molecule has 5 nitrogen and oxygen atoms in total. The summed E-state index contributed by atoms with van der Waals surface area (Å²) >= 11 is 0. The summed E-state index contributed by atoms with van der Waals surface area (Å²) in [4.78, 5) is 14.6. The number of nitrogens with one attached hydrogen (secondary N) is 1. The van der Waals surface area contributed by atoms with Crippen LogP contribution in [-0.2, 0) is 16.0 Å². The minimum absolute atomic E-state index is 0. The highest BCUT2D eigenvalue weighted by atomic mass is 35.5. The first kappa shape index (κ1) is 25.2. The number of carbonyl (C=O) groups excluding carboxylic acids is 1. The molecule has 1 saturated heterocycles. The Labute approximate surface area is 183 Å². The molecule has 3 N–H and O–H groups in total. The number of nitrogen functional groups attached to an aromatic ring is 1. The second-order valence-corrected chi connectivity index (χ2v) is 6.72. The van der Waals surface area contributed by atoms with E-state index in [-0.39, 0.29) is 42.6 Å². The molecule has 0 aliphatic carbocycles. The Kier molecular flexibility index (Phi) is 11.0. The van der Waals surface area contributed by atoms with Gasteiger partial charge in [0.2, 0.25) is 5.91 Å². The van der Waals surface area contributed by atoms with Crippen molar-refractivity contribution in [1.82, 2.24) is 10.2 Å². The highest BCUT2D eigenvalue weighted by molar-refractivity contribution is 5.85. The zero-order valence-corrected chi connectivity index (χ0v) is 17.8. The van der Waals surface area contributed by atoms with Gasteiger partial charge in [0.15, 0.2) is 0 Å². The standard InChI is InChI=1S/C21H26FN3O2.2ClH/c22-18-6-3-5-17(14-18)20(25-10-12-27-13-11-25)15-24-21(26)9-8-16-4-1-2-7-19(16)23;;/h1-7,14,20H,8-13,15,23H2,(H,24,26);2*1H. The van der Waals surface area contributed by atoms with Gasteiger partial charge in [-0.15, -0.1) is 24.8 Å². The Morgan fingerprint density at radius 3 is 2.55 bits per heavy atom. The SMILES string of the molecule is Cl.Cl.Nc1ccccc1CCC(=O)NCC(c1cccc(F)c1)N1CCOCC1. The average molecular weight is 444 g/mol. The molecule has 1 fully saturated rings. The topological polar surface area (TPSA) is 67.6 Å². The van der Waals surface area contributed by atoms with E-state index in [0.29, 0.717) is 38.3 Å². The number of anilines is 1. The average Bonchev–Trinajstić information content (AvgIpc) is 2.68. The van der Waals surface area contributed by atoms with Crippen molar-refractivity contribution in [3.8, 4) is 0 Å². The van der Waals surface area contributed by atoms with Gasteiger partial charge in [-0.2, -0.15) is 0 Å². The fraction of sp³-hybridized carbons (Fsp3) is 0.381. The molecule has 1 unspecified atom stereocenters. The van der Waals surface area contributed by atoms with E-state index in [2.05, 4.69) is 10.2 Å². The van der Waals surface area contributed by atoms with Crippen LogP contribution < -0.4 is 11.1 Å². The van der Waals surface area contributed by atoms with Gasteiger partial charge >= 0.3 is 0 Å². The van der Waals surface area contributed by atoms with Crippen molar-refractivity contribution in [3.63, 3.8) is 0 Å². The lowest BCUT2D eigenvalue weighted by Crippen LogP contribution is -2.43. The Bertz CT molecular complexity index is 773. The molecule has 0 aromatic heterocycles. The number of nitrogens with zero attached hydrogens (tertiary/aromatic N) is 1. The van der Waals surface area contributed by atoms with Crippen LogP contribution >= 0.6 is 24.8 Å². The molecule has 1 atom stereocenters. The number of hydrogen-bond acceptors (Lipinski definition) is 4. The number of morpholine rings is 1. The van der Waals surface area contributed by atoms with Crippen LogP contribution in [0.2, 0.25) is 0 Å². The second kappa shape index (κ2) is 12.6. The number of aryl methyl sites for hydroxylation is 1. The summed E-state index contributed by atoms with van der Waals surface area (Å²) in [5.41, 5.74) is 8.48. The van der Waals surface area contributed by atoms with Crippen LogP contribution in [-0.4, -0.2) is 43.7 Å². The van der Waals surface area contributed by atoms with Gasteiger partial charge < -0.3 is 15.8 Å². The summed E-state index contributed by atoms with van der Waals surface area (Å²) in [6.45, 7) is 3.25. The van der Waals surface area contributed by atoms with Crippen LogP contribution in [0.15, 0.2) is 48.5 Å². The molecule has 0 radical (unpaired) electrons. The van der Waals surface area contributed by atoms with E-state index < -0.39 is 0 Å². The molecule has 1 heterocycles. The van der Waals surface area contributed by atoms with Crippen molar-refractivity contribution in [2.24, 2.45) is 0 Å². The lowest BCUT2D eigenvalue weighted by atomic mass is 10.0. The maximum Gasteiger partial charge on any atom is 0.220 e. The summed E-state index contributed by atoms with van der Waals surface area (Å²) in [6.07, 6.45) is 0.966. The highest BCUT2D eigenvalue weighted by Gasteiger charge is 2.23. The van der Waals surface area contributed by atoms with E-state index in [9.17, 15) is 9.18 Å². The Morgan fingerprint density at radius 2 is 1.86 bits per heavy atom. The molecule has 2 aromatic rings. The molecule has 0 spiro atoms. The second-order valence-electron chi connectivity index (χ2n) is 6.72. The van der Waals surface area contributed by atoms with Crippen molar-refractivity contribution in [2.75, 3.05) is 38.6 Å². The first-order chi connectivity index (χ1) is 13.1. The summed E-state index contributed by atoms with van der Waals surface area (Å²) in [5.74, 6) is -0.301. The molecular weight excluding hydrogens is 416 g/mol. The normalized spacial score (nSPS) is 14.9. The zero-order chi connectivity index (χ0) is 19.1. The van der Waals surface area contributed by atoms with E-state index in [1.165, 1.54) is 12.1 Å². The van der Waals surface area contributed by atoms with Gasteiger partial charge in [0.05, 0.1) is 19.3 Å². The summed E-state index contributed by atoms with van der Waals surface area (Å²) in [5, 5.41) is 3.00. The predicted molar refractivity (Wildman–Crippen MR) is 118 cm³/mol. The first-order valence-electron chi connectivity index (χ1n) is 9.31. The molecule has 0 saturated carbocycles. The lowest BCUT2D eigenvalue weighted by molar-refractivity contribution is -0.121. The molecule has 1 aliphatic heterocycles. The number of amides is 1. The monoisotopic (exact) mass is 443 g/mol. The summed E-state index contributed by atoms with van der Waals surface area (Å²) in [6, 6.07) is 14.1. The number of halogens is 3. The number of ether oxygens (including phenoxy) is 1. The third kappa shape index (κ3) is 7.48. The Morgan fingerprint density at radius 1 is 1.14 bits per heavy atom. The molecule has 1 aliphatic rings. The van der Waals surface area contributed by atoms with Crippen LogP contribution in [0.1, 0.15) is 23.6 Å². The van der Waals surface area contributed by atoms with Gasteiger partial charge in [-0.05, 0) is 35.7 Å². The third-order valence-electron chi connectivity index (χ3n) is 4.89. The van der Waals surface area contributed by atoms with Crippen LogP contribution in [0.3, 0.4) is 0 Å². The number of para-hydroxylation sites is 1. The van der Waals surface area contributed by atoms with Gasteiger partial charge in [-0.25, -0.2) is 4.39 Å². The van der Waals surface area contributed by atoms with Gasteiger partial charge in [0, 0.05) is 31.7 Å². The van der Waals surface area contributed by atoms with Crippen LogP contribution in [0.25, 0.3) is 0 Å². The minimum atomic E-state index is -0.267. The number of rotatable bonds is 7. The van der Waals surface area contributed by atoms with Crippen molar-refractivity contribution < 1.29 is 13.9 Å². The molecule has 8 heteroatoms. The summed E-state index contributed by atoms with van der Waals surface area (Å²) in [7, 11) is 0. The van der Waals surface area contributed by atoms with E-state index >= 15 is 0 Å². The lowest BCUT2D eigenvalue weighted by Gasteiger charge is -2.35. The molecule has 160 valence electrons. The van der Waals surface area contributed by atoms with Crippen molar-refractivity contribution in [3.05, 3.63) is 65.5 Å². The molecular formula is C21H28Cl2FN3O2. The summed E-state index contributed by atoms with van der Waals surface area (Å²) < 4.78 is 19.1. The van der Waals surface area contributed by atoms with Crippen molar-refractivity contribution in [2.45, 2.75) is 18.9 Å². The van der Waals surface area contributed by atoms with Crippen molar-refractivity contribution in [1.29, 1.82) is 0 Å². The number of carbonyl (C=O) groups is 1. The van der Waals surface area contributed by atoms with Gasteiger partial charge in [-0.1, -0.05) is 30.3 Å². The fourth-order valence-corrected chi connectivity index (χ4v) is 3.37.